The Balaban J connectivity index is 1.46. The molecular formula is C38H42O6. The van der Waals surface area contributed by atoms with Crippen LogP contribution in [0.3, 0.4) is 0 Å². The number of hydrogen-bond donors (Lipinski definition) is 0. The molecule has 4 aromatic rings. The second-order valence-electron chi connectivity index (χ2n) is 10.8. The van der Waals surface area contributed by atoms with Crippen molar-refractivity contribution >= 4 is 0 Å². The maximum atomic E-state index is 6.74. The van der Waals surface area contributed by atoms with Gasteiger partial charge in [0, 0.05) is 7.11 Å². The van der Waals surface area contributed by atoms with E-state index in [0.29, 0.717) is 32.8 Å². The lowest BCUT2D eigenvalue weighted by Gasteiger charge is -2.47. The average molecular weight is 595 g/mol. The van der Waals surface area contributed by atoms with E-state index < -0.39 is 30.7 Å². The maximum absolute atomic E-state index is 6.74. The Morgan fingerprint density at radius 1 is 0.591 bits per heavy atom. The first-order valence-electron chi connectivity index (χ1n) is 15.2. The van der Waals surface area contributed by atoms with Crippen LogP contribution in [0.4, 0.5) is 0 Å². The zero-order valence-corrected chi connectivity index (χ0v) is 25.3. The van der Waals surface area contributed by atoms with Crippen molar-refractivity contribution < 1.29 is 28.4 Å². The molecule has 0 N–H and O–H groups in total. The van der Waals surface area contributed by atoms with Crippen LogP contribution in [-0.4, -0.2) is 43.9 Å². The quantitative estimate of drug-likeness (QED) is 0.127. The molecule has 4 aromatic carbocycles. The van der Waals surface area contributed by atoms with Crippen molar-refractivity contribution in [1.29, 1.82) is 0 Å². The largest absolute Gasteiger partial charge is 0.370 e. The summed E-state index contributed by atoms with van der Waals surface area (Å²) in [4.78, 5) is 0. The van der Waals surface area contributed by atoms with Crippen LogP contribution < -0.4 is 0 Å². The summed E-state index contributed by atoms with van der Waals surface area (Å²) < 4.78 is 39.2. The Morgan fingerprint density at radius 2 is 1.00 bits per heavy atom. The van der Waals surface area contributed by atoms with E-state index in [4.69, 9.17) is 28.4 Å². The second-order valence-corrected chi connectivity index (χ2v) is 10.8. The van der Waals surface area contributed by atoms with Crippen LogP contribution in [0, 0.1) is 0 Å². The minimum absolute atomic E-state index is 0.371. The molecule has 1 aliphatic rings. The lowest BCUT2D eigenvalue weighted by molar-refractivity contribution is -0.332. The molecule has 0 bridgehead atoms. The predicted octanol–water partition coefficient (Wildman–Crippen LogP) is 7.28. The van der Waals surface area contributed by atoms with E-state index in [9.17, 15) is 0 Å². The van der Waals surface area contributed by atoms with E-state index in [1.165, 1.54) is 0 Å². The fraction of sp³-hybridized carbons (Fsp3) is 0.316. The highest BCUT2D eigenvalue weighted by molar-refractivity contribution is 5.16. The van der Waals surface area contributed by atoms with Gasteiger partial charge in [-0.15, -0.1) is 6.58 Å². The van der Waals surface area contributed by atoms with E-state index in [1.807, 2.05) is 127 Å². The number of rotatable bonds is 16. The maximum Gasteiger partial charge on any atom is 0.186 e. The summed E-state index contributed by atoms with van der Waals surface area (Å²) >= 11 is 0. The molecule has 44 heavy (non-hydrogen) atoms. The summed E-state index contributed by atoms with van der Waals surface area (Å²) in [6.07, 6.45) is -0.835. The van der Waals surface area contributed by atoms with Gasteiger partial charge in [-0.1, -0.05) is 127 Å². The smallest absolute Gasteiger partial charge is 0.186 e. The summed E-state index contributed by atoms with van der Waals surface area (Å²) in [6.45, 7) is 5.56. The molecule has 1 heterocycles. The van der Waals surface area contributed by atoms with Crippen LogP contribution in [0.2, 0.25) is 0 Å². The van der Waals surface area contributed by atoms with Gasteiger partial charge in [0.15, 0.2) is 6.29 Å². The van der Waals surface area contributed by atoms with E-state index in [-0.39, 0.29) is 6.10 Å². The molecule has 5 rings (SSSR count). The summed E-state index contributed by atoms with van der Waals surface area (Å²) in [5, 5.41) is 0. The van der Waals surface area contributed by atoms with Crippen molar-refractivity contribution in [1.82, 2.24) is 0 Å². The van der Waals surface area contributed by atoms with Crippen molar-refractivity contribution in [3.05, 3.63) is 156 Å². The third kappa shape index (κ3) is 8.96. The van der Waals surface area contributed by atoms with Gasteiger partial charge in [0.05, 0.1) is 32.5 Å². The van der Waals surface area contributed by atoms with Gasteiger partial charge < -0.3 is 28.4 Å². The molecule has 6 atom stereocenters. The van der Waals surface area contributed by atoms with Crippen LogP contribution in [0.15, 0.2) is 134 Å². The minimum Gasteiger partial charge on any atom is -0.370 e. The number of ether oxygens (including phenoxy) is 6. The van der Waals surface area contributed by atoms with Crippen molar-refractivity contribution in [3.8, 4) is 0 Å². The summed E-state index contributed by atoms with van der Waals surface area (Å²) in [6, 6.07) is 40.4. The molecule has 0 spiro atoms. The zero-order valence-electron chi connectivity index (χ0n) is 25.3. The zero-order chi connectivity index (χ0) is 30.4. The molecular weight excluding hydrogens is 552 g/mol. The average Bonchev–Trinajstić information content (AvgIpc) is 3.09. The first-order chi connectivity index (χ1) is 21.7. The molecule has 0 radical (unpaired) electrons. The van der Waals surface area contributed by atoms with Gasteiger partial charge >= 0.3 is 0 Å². The fourth-order valence-corrected chi connectivity index (χ4v) is 5.42. The molecule has 0 aliphatic carbocycles. The van der Waals surface area contributed by atoms with Gasteiger partial charge in [-0.3, -0.25) is 0 Å². The van der Waals surface area contributed by atoms with Gasteiger partial charge in [0.1, 0.15) is 24.4 Å². The molecule has 1 aliphatic heterocycles. The summed E-state index contributed by atoms with van der Waals surface area (Å²) in [7, 11) is 1.63. The van der Waals surface area contributed by atoms with Crippen LogP contribution >= 0.6 is 0 Å². The van der Waals surface area contributed by atoms with Crippen molar-refractivity contribution in [2.45, 2.75) is 69.7 Å². The van der Waals surface area contributed by atoms with E-state index in [1.54, 1.807) is 7.11 Å². The SMILES string of the molecule is C=CC[C@H](OCc1ccccc1)[C@H]1O[C@H](OC)[C@H](OCc2ccccc2)[C@@H](OCc2ccccc2)[C@@H]1OCc1ccccc1. The lowest BCUT2D eigenvalue weighted by Crippen LogP contribution is -2.63. The van der Waals surface area contributed by atoms with Crippen LogP contribution in [0.1, 0.15) is 28.7 Å². The predicted molar refractivity (Wildman–Crippen MR) is 171 cm³/mol. The molecule has 6 heteroatoms. The van der Waals surface area contributed by atoms with Crippen molar-refractivity contribution in [2.75, 3.05) is 7.11 Å². The van der Waals surface area contributed by atoms with Crippen molar-refractivity contribution in [3.63, 3.8) is 0 Å². The second kappa shape index (κ2) is 17.0. The van der Waals surface area contributed by atoms with Crippen molar-refractivity contribution in [2.24, 2.45) is 0 Å². The van der Waals surface area contributed by atoms with Crippen LogP contribution in [0.25, 0.3) is 0 Å². The highest BCUT2D eigenvalue weighted by atomic mass is 16.7. The van der Waals surface area contributed by atoms with E-state index >= 15 is 0 Å². The van der Waals surface area contributed by atoms with Crippen LogP contribution in [0.5, 0.6) is 0 Å². The topological polar surface area (TPSA) is 55.4 Å². The summed E-state index contributed by atoms with van der Waals surface area (Å²) in [5.74, 6) is 0. The van der Waals surface area contributed by atoms with Gasteiger partial charge in [-0.05, 0) is 28.7 Å². The first-order valence-corrected chi connectivity index (χ1v) is 15.2. The summed E-state index contributed by atoms with van der Waals surface area (Å²) in [5.41, 5.74) is 4.22. The van der Waals surface area contributed by atoms with E-state index in [2.05, 4.69) is 6.58 Å². The molecule has 0 amide bonds. The Kier molecular flexibility index (Phi) is 12.3. The molecule has 6 nitrogen and oxygen atoms in total. The number of benzene rings is 4. The third-order valence-electron chi connectivity index (χ3n) is 7.69. The minimum atomic E-state index is -0.714. The molecule has 230 valence electrons. The molecule has 1 fully saturated rings. The first kappa shape index (κ1) is 31.8. The lowest BCUT2D eigenvalue weighted by atomic mass is 9.92. The highest BCUT2D eigenvalue weighted by Crippen LogP contribution is 2.34. The number of hydrogen-bond acceptors (Lipinski definition) is 6. The Bertz CT molecular complexity index is 1350. The Hall–Kier alpha value is -3.62. The Morgan fingerprint density at radius 3 is 1.43 bits per heavy atom. The normalized spacial score (nSPS) is 22.3. The molecule has 1 saturated heterocycles. The number of methoxy groups -OCH3 is 1. The molecule has 0 saturated carbocycles. The van der Waals surface area contributed by atoms with Gasteiger partial charge in [0.2, 0.25) is 0 Å². The third-order valence-corrected chi connectivity index (χ3v) is 7.69. The highest BCUT2D eigenvalue weighted by Gasteiger charge is 2.51. The van der Waals surface area contributed by atoms with Gasteiger partial charge in [-0.2, -0.15) is 0 Å². The monoisotopic (exact) mass is 594 g/mol. The van der Waals surface area contributed by atoms with Gasteiger partial charge in [0.25, 0.3) is 0 Å². The standard InChI is InChI=1S/C38H42O6/c1-3-16-33(40-25-29-17-8-4-9-18-29)34-35(41-26-30-19-10-5-11-20-30)36(42-27-31-21-12-6-13-22-31)37(38(39-2)44-34)43-28-32-23-14-7-15-24-32/h3-15,17-24,33-38H,1,16,25-28H2,2H3/t33-,34+,35+,36-,37+,38-/m0/s1. The van der Waals surface area contributed by atoms with E-state index in [0.717, 1.165) is 22.3 Å². The Labute approximate surface area is 261 Å². The van der Waals surface area contributed by atoms with Gasteiger partial charge in [-0.25, -0.2) is 0 Å². The molecule has 0 aromatic heterocycles. The van der Waals surface area contributed by atoms with Crippen LogP contribution in [-0.2, 0) is 54.8 Å². The molecule has 0 unspecified atom stereocenters. The fourth-order valence-electron chi connectivity index (χ4n) is 5.42.